The maximum Gasteiger partial charge on any atom is 0.251 e. The van der Waals surface area contributed by atoms with Gasteiger partial charge < -0.3 is 10.6 Å². The molecule has 3 aromatic rings. The van der Waals surface area contributed by atoms with E-state index in [2.05, 4.69) is 15.7 Å². The second-order valence-electron chi connectivity index (χ2n) is 7.11. The first-order valence-electron chi connectivity index (χ1n) is 9.77. The predicted octanol–water partition coefficient (Wildman–Crippen LogP) is 4.10. The summed E-state index contributed by atoms with van der Waals surface area (Å²) in [5.74, 6) is -0.184. The SMILES string of the molecule is CCC(C)C(=O)Nc1cccc(CNC(=O)c2ccc(-n3nccc3C)cc2)c1. The molecule has 0 aliphatic carbocycles. The van der Waals surface area contributed by atoms with E-state index >= 15 is 0 Å². The van der Waals surface area contributed by atoms with E-state index in [0.29, 0.717) is 12.1 Å². The molecule has 0 saturated carbocycles. The van der Waals surface area contributed by atoms with Crippen molar-refractivity contribution < 1.29 is 9.59 Å². The summed E-state index contributed by atoms with van der Waals surface area (Å²) in [6.45, 7) is 6.25. The zero-order chi connectivity index (χ0) is 20.8. The molecule has 1 atom stereocenters. The number of aryl methyl sites for hydroxylation is 1. The van der Waals surface area contributed by atoms with Gasteiger partial charge in [0, 0.05) is 35.6 Å². The number of benzene rings is 2. The van der Waals surface area contributed by atoms with Crippen molar-refractivity contribution in [3.8, 4) is 5.69 Å². The van der Waals surface area contributed by atoms with Gasteiger partial charge in [0.25, 0.3) is 5.91 Å². The summed E-state index contributed by atoms with van der Waals surface area (Å²) in [7, 11) is 0. The van der Waals surface area contributed by atoms with E-state index in [4.69, 9.17) is 0 Å². The van der Waals surface area contributed by atoms with E-state index in [0.717, 1.165) is 29.1 Å². The second-order valence-corrected chi connectivity index (χ2v) is 7.11. The van der Waals surface area contributed by atoms with E-state index in [1.807, 2.05) is 67.9 Å². The minimum atomic E-state index is -0.150. The summed E-state index contributed by atoms with van der Waals surface area (Å²) in [5.41, 5.74) is 4.18. The van der Waals surface area contributed by atoms with Crippen molar-refractivity contribution in [3.05, 3.63) is 77.6 Å². The third-order valence-corrected chi connectivity index (χ3v) is 4.91. The van der Waals surface area contributed by atoms with Gasteiger partial charge in [0.1, 0.15) is 0 Å². The van der Waals surface area contributed by atoms with Crippen LogP contribution >= 0.6 is 0 Å². The molecule has 0 aliphatic rings. The topological polar surface area (TPSA) is 76.0 Å². The molecule has 0 spiro atoms. The molecule has 6 nitrogen and oxygen atoms in total. The molecule has 0 radical (unpaired) electrons. The average Bonchev–Trinajstić information content (AvgIpc) is 3.17. The van der Waals surface area contributed by atoms with Crippen LogP contribution in [-0.4, -0.2) is 21.6 Å². The lowest BCUT2D eigenvalue weighted by molar-refractivity contribution is -0.119. The van der Waals surface area contributed by atoms with Gasteiger partial charge in [-0.3, -0.25) is 9.59 Å². The zero-order valence-corrected chi connectivity index (χ0v) is 17.0. The summed E-state index contributed by atoms with van der Waals surface area (Å²) in [6.07, 6.45) is 2.54. The van der Waals surface area contributed by atoms with Crippen LogP contribution in [0.4, 0.5) is 5.69 Å². The van der Waals surface area contributed by atoms with Gasteiger partial charge in [0.05, 0.1) is 5.69 Å². The molecular formula is C23H26N4O2. The molecule has 6 heteroatoms. The van der Waals surface area contributed by atoms with Gasteiger partial charge in [-0.2, -0.15) is 5.10 Å². The lowest BCUT2D eigenvalue weighted by atomic mass is 10.1. The van der Waals surface area contributed by atoms with Crippen LogP contribution < -0.4 is 10.6 Å². The quantitative estimate of drug-likeness (QED) is 0.638. The van der Waals surface area contributed by atoms with Gasteiger partial charge >= 0.3 is 0 Å². The Bertz CT molecular complexity index is 992. The third kappa shape index (κ3) is 5.10. The van der Waals surface area contributed by atoms with Crippen LogP contribution in [0.2, 0.25) is 0 Å². The van der Waals surface area contributed by atoms with Gasteiger partial charge in [0.15, 0.2) is 0 Å². The maximum absolute atomic E-state index is 12.5. The van der Waals surface area contributed by atoms with Gasteiger partial charge in [0.2, 0.25) is 5.91 Å². The highest BCUT2D eigenvalue weighted by molar-refractivity contribution is 5.94. The fraction of sp³-hybridized carbons (Fsp3) is 0.261. The number of aromatic nitrogens is 2. The molecule has 2 N–H and O–H groups in total. The van der Waals surface area contributed by atoms with Crippen molar-refractivity contribution in [1.29, 1.82) is 0 Å². The van der Waals surface area contributed by atoms with Crippen LogP contribution in [0.5, 0.6) is 0 Å². The monoisotopic (exact) mass is 390 g/mol. The smallest absolute Gasteiger partial charge is 0.251 e. The first-order valence-corrected chi connectivity index (χ1v) is 9.77. The first-order chi connectivity index (χ1) is 14.0. The van der Waals surface area contributed by atoms with E-state index < -0.39 is 0 Å². The van der Waals surface area contributed by atoms with Crippen LogP contribution in [-0.2, 0) is 11.3 Å². The number of amides is 2. The average molecular weight is 390 g/mol. The molecule has 2 aromatic carbocycles. The lowest BCUT2D eigenvalue weighted by Crippen LogP contribution is -2.23. The third-order valence-electron chi connectivity index (χ3n) is 4.91. The number of carbonyl (C=O) groups is 2. The van der Waals surface area contributed by atoms with Crippen molar-refractivity contribution >= 4 is 17.5 Å². The Morgan fingerprint density at radius 2 is 1.86 bits per heavy atom. The van der Waals surface area contributed by atoms with Crippen LogP contribution in [0, 0.1) is 12.8 Å². The van der Waals surface area contributed by atoms with E-state index in [-0.39, 0.29) is 17.7 Å². The number of rotatable bonds is 7. The molecular weight excluding hydrogens is 364 g/mol. The molecule has 1 aromatic heterocycles. The number of hydrogen-bond donors (Lipinski definition) is 2. The number of hydrogen-bond acceptors (Lipinski definition) is 3. The number of nitrogens with one attached hydrogen (secondary N) is 2. The highest BCUT2D eigenvalue weighted by Crippen LogP contribution is 2.14. The minimum Gasteiger partial charge on any atom is -0.348 e. The molecule has 0 bridgehead atoms. The highest BCUT2D eigenvalue weighted by Gasteiger charge is 2.11. The van der Waals surface area contributed by atoms with Gasteiger partial charge in [-0.25, -0.2) is 4.68 Å². The second kappa shape index (κ2) is 9.19. The summed E-state index contributed by atoms with van der Waals surface area (Å²) >= 11 is 0. The number of carbonyl (C=O) groups excluding carboxylic acids is 2. The molecule has 29 heavy (non-hydrogen) atoms. The van der Waals surface area contributed by atoms with E-state index in [1.165, 1.54) is 0 Å². The minimum absolute atomic E-state index is 0.00111. The van der Waals surface area contributed by atoms with E-state index in [1.54, 1.807) is 18.3 Å². The molecule has 3 rings (SSSR count). The Labute approximate surface area is 170 Å². The zero-order valence-electron chi connectivity index (χ0n) is 17.0. The van der Waals surface area contributed by atoms with Crippen molar-refractivity contribution in [2.24, 2.45) is 5.92 Å². The summed E-state index contributed by atoms with van der Waals surface area (Å²) in [5, 5.41) is 10.1. The Balaban J connectivity index is 1.60. The molecule has 2 amide bonds. The molecule has 150 valence electrons. The summed E-state index contributed by atoms with van der Waals surface area (Å²) in [4.78, 5) is 24.5. The van der Waals surface area contributed by atoms with Crippen LogP contribution in [0.3, 0.4) is 0 Å². The highest BCUT2D eigenvalue weighted by atomic mass is 16.2. The van der Waals surface area contributed by atoms with Crippen LogP contribution in [0.1, 0.15) is 41.9 Å². The largest absolute Gasteiger partial charge is 0.348 e. The van der Waals surface area contributed by atoms with Gasteiger partial charge in [-0.05, 0) is 61.4 Å². The Hall–Kier alpha value is -3.41. The van der Waals surface area contributed by atoms with Crippen molar-refractivity contribution in [3.63, 3.8) is 0 Å². The Morgan fingerprint density at radius 1 is 1.10 bits per heavy atom. The van der Waals surface area contributed by atoms with Crippen molar-refractivity contribution in [2.75, 3.05) is 5.32 Å². The van der Waals surface area contributed by atoms with Gasteiger partial charge in [-0.15, -0.1) is 0 Å². The summed E-state index contributed by atoms with van der Waals surface area (Å²) < 4.78 is 1.82. The fourth-order valence-electron chi connectivity index (χ4n) is 2.89. The van der Waals surface area contributed by atoms with Gasteiger partial charge in [-0.1, -0.05) is 26.0 Å². The maximum atomic E-state index is 12.5. The fourth-order valence-corrected chi connectivity index (χ4v) is 2.89. The van der Waals surface area contributed by atoms with Crippen molar-refractivity contribution in [1.82, 2.24) is 15.1 Å². The standard InChI is InChI=1S/C23H26N4O2/c1-4-16(2)22(28)26-20-7-5-6-18(14-20)15-24-23(29)19-8-10-21(11-9-19)27-17(3)12-13-25-27/h5-14,16H,4,15H2,1-3H3,(H,24,29)(H,26,28). The first kappa shape index (κ1) is 20.3. The predicted molar refractivity (Wildman–Crippen MR) is 114 cm³/mol. The summed E-state index contributed by atoms with van der Waals surface area (Å²) in [6, 6.07) is 16.8. The molecule has 1 unspecified atom stereocenters. The van der Waals surface area contributed by atoms with Crippen LogP contribution in [0.15, 0.2) is 60.8 Å². The molecule has 0 saturated heterocycles. The molecule has 0 fully saturated rings. The van der Waals surface area contributed by atoms with Crippen molar-refractivity contribution in [2.45, 2.75) is 33.7 Å². The number of nitrogens with zero attached hydrogens (tertiary/aromatic N) is 2. The lowest BCUT2D eigenvalue weighted by Gasteiger charge is -2.12. The Morgan fingerprint density at radius 3 is 2.52 bits per heavy atom. The number of anilines is 1. The molecule has 1 heterocycles. The van der Waals surface area contributed by atoms with Crippen LogP contribution in [0.25, 0.3) is 5.69 Å². The Kier molecular flexibility index (Phi) is 6.44. The normalized spacial score (nSPS) is 11.7. The van der Waals surface area contributed by atoms with E-state index in [9.17, 15) is 9.59 Å². The molecule has 0 aliphatic heterocycles.